The molecule has 0 radical (unpaired) electrons. The molecular formula is C14H19ClF3N3. The van der Waals surface area contributed by atoms with Gasteiger partial charge in [0.15, 0.2) is 5.69 Å². The van der Waals surface area contributed by atoms with Crippen molar-refractivity contribution >= 4 is 17.4 Å². The zero-order valence-corrected chi connectivity index (χ0v) is 12.9. The summed E-state index contributed by atoms with van der Waals surface area (Å²) in [6.07, 6.45) is -0.347. The Morgan fingerprint density at radius 3 is 2.43 bits per heavy atom. The number of aromatic nitrogens is 2. The Labute approximate surface area is 127 Å². The van der Waals surface area contributed by atoms with E-state index in [2.05, 4.69) is 9.97 Å². The van der Waals surface area contributed by atoms with E-state index in [9.17, 15) is 13.2 Å². The van der Waals surface area contributed by atoms with Crippen molar-refractivity contribution in [2.24, 2.45) is 5.92 Å². The molecule has 1 saturated carbocycles. The van der Waals surface area contributed by atoms with Gasteiger partial charge in [0.25, 0.3) is 0 Å². The molecular weight excluding hydrogens is 303 g/mol. The van der Waals surface area contributed by atoms with Gasteiger partial charge in [-0.05, 0) is 30.4 Å². The number of halogens is 4. The molecule has 0 saturated heterocycles. The van der Waals surface area contributed by atoms with Gasteiger partial charge in [0.1, 0.15) is 5.82 Å². The van der Waals surface area contributed by atoms with E-state index in [4.69, 9.17) is 11.6 Å². The number of nitrogens with zero attached hydrogens (tertiary/aromatic N) is 3. The van der Waals surface area contributed by atoms with Crippen molar-refractivity contribution in [1.29, 1.82) is 0 Å². The van der Waals surface area contributed by atoms with Crippen molar-refractivity contribution in [2.75, 3.05) is 11.4 Å². The summed E-state index contributed by atoms with van der Waals surface area (Å²) >= 11 is 5.69. The van der Waals surface area contributed by atoms with E-state index in [-0.39, 0.29) is 17.1 Å². The first-order valence-corrected chi connectivity index (χ1v) is 7.53. The van der Waals surface area contributed by atoms with Crippen molar-refractivity contribution < 1.29 is 13.2 Å². The predicted octanol–water partition coefficient (Wildman–Crippen LogP) is 4.55. The van der Waals surface area contributed by atoms with Gasteiger partial charge < -0.3 is 4.90 Å². The van der Waals surface area contributed by atoms with Gasteiger partial charge in [-0.2, -0.15) is 13.2 Å². The number of hydrogen-bond acceptors (Lipinski definition) is 3. The van der Waals surface area contributed by atoms with Crippen molar-refractivity contribution in [3.63, 3.8) is 0 Å². The van der Waals surface area contributed by atoms with Crippen molar-refractivity contribution in [3.05, 3.63) is 17.0 Å². The summed E-state index contributed by atoms with van der Waals surface area (Å²) < 4.78 is 38.7. The van der Waals surface area contributed by atoms with Crippen LogP contribution in [0.1, 0.15) is 45.2 Å². The normalized spacial score (nSPS) is 16.7. The molecule has 1 heterocycles. The van der Waals surface area contributed by atoms with Crippen LogP contribution in [0.15, 0.2) is 6.07 Å². The van der Waals surface area contributed by atoms with E-state index in [1.54, 1.807) is 0 Å². The summed E-state index contributed by atoms with van der Waals surface area (Å²) in [6, 6.07) is 1.24. The third kappa shape index (κ3) is 4.22. The SMILES string of the molecule is CC(C)CN(c1cc(C(F)(F)F)nc(Cl)n1)C1CCCC1. The summed E-state index contributed by atoms with van der Waals surface area (Å²) in [4.78, 5) is 9.28. The summed E-state index contributed by atoms with van der Waals surface area (Å²) in [5.74, 6) is 0.608. The first-order chi connectivity index (χ1) is 9.77. The van der Waals surface area contributed by atoms with Crippen LogP contribution < -0.4 is 4.90 Å². The van der Waals surface area contributed by atoms with Gasteiger partial charge in [-0.3, -0.25) is 0 Å². The van der Waals surface area contributed by atoms with Gasteiger partial charge in [0.2, 0.25) is 5.28 Å². The molecule has 1 aliphatic carbocycles. The van der Waals surface area contributed by atoms with Gasteiger partial charge in [-0.1, -0.05) is 26.7 Å². The predicted molar refractivity (Wildman–Crippen MR) is 76.5 cm³/mol. The Morgan fingerprint density at radius 2 is 1.90 bits per heavy atom. The zero-order chi connectivity index (χ0) is 15.6. The highest BCUT2D eigenvalue weighted by atomic mass is 35.5. The summed E-state index contributed by atoms with van der Waals surface area (Å²) in [7, 11) is 0. The summed E-state index contributed by atoms with van der Waals surface area (Å²) in [6.45, 7) is 4.74. The van der Waals surface area contributed by atoms with Gasteiger partial charge >= 0.3 is 6.18 Å². The molecule has 1 aliphatic rings. The third-order valence-corrected chi connectivity index (χ3v) is 3.77. The second kappa shape index (κ2) is 6.38. The maximum atomic E-state index is 12.9. The largest absolute Gasteiger partial charge is 0.433 e. The van der Waals surface area contributed by atoms with Crippen LogP contribution in [0, 0.1) is 5.92 Å². The molecule has 118 valence electrons. The Morgan fingerprint density at radius 1 is 1.29 bits per heavy atom. The second-order valence-electron chi connectivity index (χ2n) is 5.86. The van der Waals surface area contributed by atoms with Gasteiger partial charge in [-0.25, -0.2) is 9.97 Å². The van der Waals surface area contributed by atoms with Gasteiger partial charge in [0.05, 0.1) is 0 Å². The van der Waals surface area contributed by atoms with Crippen molar-refractivity contribution in [2.45, 2.75) is 51.7 Å². The Kier molecular flexibility index (Phi) is 4.96. The van der Waals surface area contributed by atoms with Crippen LogP contribution >= 0.6 is 11.6 Å². The topological polar surface area (TPSA) is 29.0 Å². The fourth-order valence-corrected chi connectivity index (χ4v) is 2.91. The first kappa shape index (κ1) is 16.3. The minimum atomic E-state index is -4.51. The summed E-state index contributed by atoms with van der Waals surface area (Å²) in [5.41, 5.74) is -0.982. The Bertz CT molecular complexity index is 485. The van der Waals surface area contributed by atoms with Gasteiger partial charge in [0, 0.05) is 18.7 Å². The molecule has 1 fully saturated rings. The molecule has 0 aromatic carbocycles. The molecule has 0 spiro atoms. The van der Waals surface area contributed by atoms with Crippen LogP contribution in [0.25, 0.3) is 0 Å². The van der Waals surface area contributed by atoms with Crippen LogP contribution in [0.2, 0.25) is 5.28 Å². The van der Waals surface area contributed by atoms with E-state index in [0.717, 1.165) is 31.7 Å². The number of anilines is 1. The maximum Gasteiger partial charge on any atom is 0.433 e. The monoisotopic (exact) mass is 321 g/mol. The molecule has 0 bridgehead atoms. The number of rotatable bonds is 4. The Balaban J connectivity index is 2.36. The molecule has 21 heavy (non-hydrogen) atoms. The number of hydrogen-bond donors (Lipinski definition) is 0. The third-order valence-electron chi connectivity index (χ3n) is 3.60. The fourth-order valence-electron chi connectivity index (χ4n) is 2.74. The maximum absolute atomic E-state index is 12.9. The standard InChI is InChI=1S/C14H19ClF3N3/c1-9(2)8-21(10-5-3-4-6-10)12-7-11(14(16,17)18)19-13(15)20-12/h7,9-10H,3-6,8H2,1-2H3. The van der Waals surface area contributed by atoms with E-state index < -0.39 is 11.9 Å². The van der Waals surface area contributed by atoms with E-state index in [0.29, 0.717) is 12.5 Å². The highest BCUT2D eigenvalue weighted by Crippen LogP contribution is 2.33. The lowest BCUT2D eigenvalue weighted by Gasteiger charge is -2.32. The van der Waals surface area contributed by atoms with Crippen LogP contribution in [0.5, 0.6) is 0 Å². The summed E-state index contributed by atoms with van der Waals surface area (Å²) in [5, 5.41) is -0.355. The van der Waals surface area contributed by atoms with Crippen LogP contribution in [-0.2, 0) is 6.18 Å². The molecule has 7 heteroatoms. The minimum Gasteiger partial charge on any atom is -0.353 e. The molecule has 1 aromatic rings. The van der Waals surface area contributed by atoms with Crippen LogP contribution in [-0.4, -0.2) is 22.6 Å². The van der Waals surface area contributed by atoms with Crippen molar-refractivity contribution in [3.8, 4) is 0 Å². The molecule has 1 aromatic heterocycles. The first-order valence-electron chi connectivity index (χ1n) is 7.16. The average Bonchev–Trinajstić information content (AvgIpc) is 2.87. The molecule has 0 amide bonds. The van der Waals surface area contributed by atoms with Crippen molar-refractivity contribution in [1.82, 2.24) is 9.97 Å². The smallest absolute Gasteiger partial charge is 0.353 e. The quantitative estimate of drug-likeness (QED) is 0.762. The van der Waals surface area contributed by atoms with E-state index in [1.807, 2.05) is 18.7 Å². The molecule has 0 atom stereocenters. The average molecular weight is 322 g/mol. The molecule has 2 rings (SSSR count). The molecule has 0 unspecified atom stereocenters. The highest BCUT2D eigenvalue weighted by Gasteiger charge is 2.35. The van der Waals surface area contributed by atoms with E-state index >= 15 is 0 Å². The zero-order valence-electron chi connectivity index (χ0n) is 12.1. The van der Waals surface area contributed by atoms with E-state index in [1.165, 1.54) is 0 Å². The minimum absolute atomic E-state index is 0.236. The number of alkyl halides is 3. The lowest BCUT2D eigenvalue weighted by atomic mass is 10.1. The Hall–Kier alpha value is -1.04. The lowest BCUT2D eigenvalue weighted by molar-refractivity contribution is -0.141. The second-order valence-corrected chi connectivity index (χ2v) is 6.20. The van der Waals surface area contributed by atoms with Crippen LogP contribution in [0.3, 0.4) is 0 Å². The molecule has 0 aliphatic heterocycles. The fraction of sp³-hybridized carbons (Fsp3) is 0.714. The van der Waals surface area contributed by atoms with Gasteiger partial charge in [-0.15, -0.1) is 0 Å². The van der Waals surface area contributed by atoms with Crippen LogP contribution in [0.4, 0.5) is 19.0 Å². The molecule has 3 nitrogen and oxygen atoms in total. The highest BCUT2D eigenvalue weighted by molar-refractivity contribution is 6.28. The lowest BCUT2D eigenvalue weighted by Crippen LogP contribution is -2.37. The molecule has 0 N–H and O–H groups in total.